The lowest BCUT2D eigenvalue weighted by atomic mass is 10.0. The number of benzene rings is 1. The Balaban J connectivity index is 1.56. The Labute approximate surface area is 176 Å². The van der Waals surface area contributed by atoms with Crippen LogP contribution in [-0.4, -0.2) is 50.8 Å². The third-order valence-corrected chi connectivity index (χ3v) is 6.31. The summed E-state index contributed by atoms with van der Waals surface area (Å²) >= 11 is 0. The van der Waals surface area contributed by atoms with Crippen LogP contribution in [0.3, 0.4) is 0 Å². The number of nitrogens with one attached hydrogen (secondary N) is 2. The molecule has 2 bridgehead atoms. The molecule has 4 aromatic rings. The van der Waals surface area contributed by atoms with Crippen LogP contribution in [0.4, 0.5) is 15.9 Å². The number of piperidine rings is 1. The van der Waals surface area contributed by atoms with Gasteiger partial charge in [-0.1, -0.05) is 5.10 Å². The Morgan fingerprint density at radius 1 is 1.29 bits per heavy atom. The Hall–Kier alpha value is -3.47. The van der Waals surface area contributed by atoms with Crippen LogP contribution in [-0.2, 0) is 0 Å². The largest absolute Gasteiger partial charge is 0.422 e. The molecule has 31 heavy (non-hydrogen) atoms. The number of halogens is 1. The van der Waals surface area contributed by atoms with Crippen LogP contribution < -0.4 is 20.7 Å². The number of rotatable bonds is 4. The predicted octanol–water partition coefficient (Wildman–Crippen LogP) is 2.70. The summed E-state index contributed by atoms with van der Waals surface area (Å²) in [6, 6.07) is 3.51. The van der Waals surface area contributed by atoms with Crippen molar-refractivity contribution < 1.29 is 13.5 Å². The first-order valence-electron chi connectivity index (χ1n) is 10.2. The normalized spacial score (nSPS) is 22.7. The lowest BCUT2D eigenvalue weighted by molar-refractivity contribution is 0.306. The molecular formula is C20H21FN8O2. The van der Waals surface area contributed by atoms with E-state index in [0.29, 0.717) is 34.3 Å². The summed E-state index contributed by atoms with van der Waals surface area (Å²) in [4.78, 5) is 14.7. The van der Waals surface area contributed by atoms with Crippen molar-refractivity contribution in [2.75, 3.05) is 23.8 Å². The highest BCUT2D eigenvalue weighted by atomic mass is 19.1. The maximum absolute atomic E-state index is 14.4. The Kier molecular flexibility index (Phi) is 3.85. The monoisotopic (exact) mass is 424 g/mol. The molecule has 3 atom stereocenters. The van der Waals surface area contributed by atoms with Gasteiger partial charge in [-0.05, 0) is 30.9 Å². The van der Waals surface area contributed by atoms with E-state index < -0.39 is 0 Å². The summed E-state index contributed by atoms with van der Waals surface area (Å²) in [5, 5.41) is 12.1. The van der Waals surface area contributed by atoms with Gasteiger partial charge in [-0.15, -0.1) is 5.10 Å². The second-order valence-electron chi connectivity index (χ2n) is 8.19. The van der Waals surface area contributed by atoms with Gasteiger partial charge >= 0.3 is 12.1 Å². The van der Waals surface area contributed by atoms with Gasteiger partial charge in [-0.25, -0.2) is 4.39 Å². The first-order chi connectivity index (χ1) is 15.0. The van der Waals surface area contributed by atoms with Gasteiger partial charge in [0.15, 0.2) is 0 Å². The lowest BCUT2D eigenvalue weighted by Gasteiger charge is -2.31. The van der Waals surface area contributed by atoms with Crippen LogP contribution in [0.5, 0.6) is 12.1 Å². The zero-order chi connectivity index (χ0) is 21.3. The molecule has 0 radical (unpaired) electrons. The standard InChI is InChI=1S/C20H21FN8O2/c1-8-27-28-20(30-8)31-19-25-17-15(12-4-10(21)5-14(23-2)16(12)24-17)18(26-19)29-7-9-3-11(29)6-13(9)22/h4-5,9,11,13,23H,3,6-7,22H2,1-2H3,(H,24,25,26)/t9-,11-,13-/m1/s1. The number of nitrogens with two attached hydrogens (primary N) is 1. The van der Waals surface area contributed by atoms with Crippen molar-refractivity contribution in [1.82, 2.24) is 25.1 Å². The van der Waals surface area contributed by atoms with Gasteiger partial charge in [0.25, 0.3) is 0 Å². The van der Waals surface area contributed by atoms with Gasteiger partial charge in [0.05, 0.1) is 16.6 Å². The molecule has 2 fully saturated rings. The first kappa shape index (κ1) is 18.3. The molecule has 11 heteroatoms. The zero-order valence-electron chi connectivity index (χ0n) is 17.0. The fraction of sp³-hybridized carbons (Fsp3) is 0.400. The van der Waals surface area contributed by atoms with Crippen LogP contribution in [0.25, 0.3) is 21.9 Å². The van der Waals surface area contributed by atoms with Crippen LogP contribution in [0, 0.1) is 18.7 Å². The van der Waals surface area contributed by atoms with Crippen molar-refractivity contribution in [3.63, 3.8) is 0 Å². The summed E-state index contributed by atoms with van der Waals surface area (Å²) in [6.07, 6.45) is 1.88. The van der Waals surface area contributed by atoms with Crippen LogP contribution in [0.1, 0.15) is 18.7 Å². The summed E-state index contributed by atoms with van der Waals surface area (Å²) in [6.45, 7) is 2.46. The number of aromatic nitrogens is 5. The first-order valence-corrected chi connectivity index (χ1v) is 10.2. The predicted molar refractivity (Wildman–Crippen MR) is 112 cm³/mol. The van der Waals surface area contributed by atoms with Gasteiger partial charge in [0.1, 0.15) is 17.3 Å². The molecule has 0 amide bonds. The van der Waals surface area contributed by atoms with Gasteiger partial charge in [-0.3, -0.25) is 0 Å². The van der Waals surface area contributed by atoms with Gasteiger partial charge < -0.3 is 30.1 Å². The molecule has 1 aliphatic heterocycles. The molecule has 1 aliphatic carbocycles. The number of H-pyrrole nitrogens is 1. The minimum absolute atomic E-state index is 0.0363. The van der Waals surface area contributed by atoms with E-state index in [2.05, 4.69) is 30.4 Å². The maximum Gasteiger partial charge on any atom is 0.422 e. The highest BCUT2D eigenvalue weighted by Crippen LogP contribution is 2.44. The van der Waals surface area contributed by atoms with E-state index in [1.807, 2.05) is 0 Å². The molecule has 10 nitrogen and oxygen atoms in total. The van der Waals surface area contributed by atoms with Crippen LogP contribution in [0.15, 0.2) is 16.5 Å². The number of hydrogen-bond acceptors (Lipinski definition) is 9. The van der Waals surface area contributed by atoms with Crippen molar-refractivity contribution in [2.24, 2.45) is 11.7 Å². The van der Waals surface area contributed by atoms with E-state index in [-0.39, 0.29) is 30.0 Å². The summed E-state index contributed by atoms with van der Waals surface area (Å²) < 4.78 is 25.4. The highest BCUT2D eigenvalue weighted by molar-refractivity contribution is 6.14. The average molecular weight is 424 g/mol. The Morgan fingerprint density at radius 3 is 2.84 bits per heavy atom. The van der Waals surface area contributed by atoms with Gasteiger partial charge in [0, 0.05) is 38.0 Å². The van der Waals surface area contributed by atoms with Crippen LogP contribution in [0.2, 0.25) is 0 Å². The van der Waals surface area contributed by atoms with E-state index in [1.165, 1.54) is 12.1 Å². The van der Waals surface area contributed by atoms with Crippen molar-refractivity contribution >= 4 is 33.4 Å². The molecule has 0 unspecified atom stereocenters. The highest BCUT2D eigenvalue weighted by Gasteiger charge is 2.44. The molecule has 4 heterocycles. The molecule has 1 aromatic carbocycles. The molecule has 1 saturated heterocycles. The van der Waals surface area contributed by atoms with Gasteiger partial charge in [-0.2, -0.15) is 9.97 Å². The zero-order valence-corrected chi connectivity index (χ0v) is 17.0. The summed E-state index contributed by atoms with van der Waals surface area (Å²) in [5.74, 6) is 1.14. The number of nitrogens with zero attached hydrogens (tertiary/aromatic N) is 5. The number of aryl methyl sites for hydroxylation is 1. The second kappa shape index (κ2) is 6.51. The maximum atomic E-state index is 14.4. The number of aromatic amines is 1. The van der Waals surface area contributed by atoms with E-state index in [4.69, 9.17) is 19.9 Å². The minimum atomic E-state index is -0.338. The number of fused-ring (bicyclic) bond motifs is 5. The average Bonchev–Trinajstić information content (AvgIpc) is 3.50. The fourth-order valence-electron chi connectivity index (χ4n) is 4.93. The van der Waals surface area contributed by atoms with Crippen LogP contribution >= 0.6 is 0 Å². The number of hydrogen-bond donors (Lipinski definition) is 3. The summed E-state index contributed by atoms with van der Waals surface area (Å²) in [5.41, 5.74) is 8.19. The minimum Gasteiger partial charge on any atom is -0.393 e. The van der Waals surface area contributed by atoms with E-state index in [0.717, 1.165) is 30.3 Å². The molecule has 3 aromatic heterocycles. The van der Waals surface area contributed by atoms with E-state index >= 15 is 0 Å². The topological polar surface area (TPSA) is 131 Å². The van der Waals surface area contributed by atoms with Crippen molar-refractivity contribution in [3.8, 4) is 12.1 Å². The molecule has 1 saturated carbocycles. The fourth-order valence-corrected chi connectivity index (χ4v) is 4.93. The molecule has 160 valence electrons. The third kappa shape index (κ3) is 2.80. The molecule has 2 aliphatic rings. The Bertz CT molecular complexity index is 1320. The molecule has 0 spiro atoms. The third-order valence-electron chi connectivity index (χ3n) is 6.31. The van der Waals surface area contributed by atoms with Gasteiger partial charge in [0.2, 0.25) is 5.89 Å². The summed E-state index contributed by atoms with van der Waals surface area (Å²) in [7, 11) is 1.75. The van der Waals surface area contributed by atoms with Crippen molar-refractivity contribution in [1.29, 1.82) is 0 Å². The smallest absolute Gasteiger partial charge is 0.393 e. The van der Waals surface area contributed by atoms with E-state index in [1.54, 1.807) is 14.0 Å². The SMILES string of the molecule is CNc1cc(F)cc2c1[nH]c1nc(Oc3nnc(C)o3)nc(N3C[C@H]4C[C@@H]3C[C@H]4N)c12. The van der Waals surface area contributed by atoms with Crippen molar-refractivity contribution in [3.05, 3.63) is 23.8 Å². The van der Waals surface area contributed by atoms with E-state index in [9.17, 15) is 4.39 Å². The second-order valence-corrected chi connectivity index (χ2v) is 8.19. The van der Waals surface area contributed by atoms with Crippen molar-refractivity contribution in [2.45, 2.75) is 31.8 Å². The number of ether oxygens (including phenoxy) is 1. The quantitative estimate of drug-likeness (QED) is 0.452. The molecule has 4 N–H and O–H groups in total. The lowest BCUT2D eigenvalue weighted by Crippen LogP contribution is -2.41. The molecular weight excluding hydrogens is 403 g/mol. The Morgan fingerprint density at radius 2 is 2.16 bits per heavy atom. The molecule has 6 rings (SSSR count). The number of anilines is 2.